The standard InChI is InChI=1S/C25H20N2O3/c1-2-10-18-11-9-12-19(23(18)28)17-22-24(29)26(20-13-5-3-6-14-20)27(25(22)30)21-15-7-4-8-16-21/h2-9,11-17,28H,1,10H2. The number of hydrogen-bond donors (Lipinski definition) is 1. The zero-order chi connectivity index (χ0) is 21.1. The Morgan fingerprint density at radius 3 is 1.80 bits per heavy atom. The number of hydrogen-bond acceptors (Lipinski definition) is 3. The van der Waals surface area contributed by atoms with E-state index >= 15 is 0 Å². The maximum absolute atomic E-state index is 13.3. The summed E-state index contributed by atoms with van der Waals surface area (Å²) in [5.74, 6) is -0.873. The van der Waals surface area contributed by atoms with E-state index in [1.165, 1.54) is 16.1 Å². The summed E-state index contributed by atoms with van der Waals surface area (Å²) >= 11 is 0. The lowest BCUT2D eigenvalue weighted by molar-refractivity contribution is -0.116. The average Bonchev–Trinajstić information content (AvgIpc) is 3.02. The zero-order valence-corrected chi connectivity index (χ0v) is 16.2. The lowest BCUT2D eigenvalue weighted by Gasteiger charge is -2.27. The van der Waals surface area contributed by atoms with Gasteiger partial charge in [0.15, 0.2) is 0 Å². The lowest BCUT2D eigenvalue weighted by Crippen LogP contribution is -2.41. The number of carbonyl (C=O) groups excluding carboxylic acids is 2. The van der Waals surface area contributed by atoms with Crippen molar-refractivity contribution in [3.05, 3.63) is 108 Å². The predicted molar refractivity (Wildman–Crippen MR) is 118 cm³/mol. The molecule has 0 atom stereocenters. The Balaban J connectivity index is 1.84. The van der Waals surface area contributed by atoms with Gasteiger partial charge in [0.1, 0.15) is 11.3 Å². The number of nitrogens with zero attached hydrogens (tertiary/aromatic N) is 2. The summed E-state index contributed by atoms with van der Waals surface area (Å²) in [6.45, 7) is 3.69. The summed E-state index contributed by atoms with van der Waals surface area (Å²) in [5, 5.41) is 13.3. The van der Waals surface area contributed by atoms with Crippen LogP contribution < -0.4 is 10.0 Å². The van der Waals surface area contributed by atoms with Crippen LogP contribution in [0.2, 0.25) is 0 Å². The van der Waals surface area contributed by atoms with E-state index < -0.39 is 11.8 Å². The van der Waals surface area contributed by atoms with Gasteiger partial charge in [0.25, 0.3) is 11.8 Å². The molecule has 3 aromatic rings. The molecule has 0 unspecified atom stereocenters. The van der Waals surface area contributed by atoms with Crippen molar-refractivity contribution in [2.75, 3.05) is 10.0 Å². The first kappa shape index (κ1) is 19.2. The van der Waals surface area contributed by atoms with E-state index in [2.05, 4.69) is 6.58 Å². The monoisotopic (exact) mass is 396 g/mol. The van der Waals surface area contributed by atoms with Crippen molar-refractivity contribution in [3.63, 3.8) is 0 Å². The molecule has 5 nitrogen and oxygen atoms in total. The quantitative estimate of drug-likeness (QED) is 0.392. The first-order chi connectivity index (χ1) is 14.6. The largest absolute Gasteiger partial charge is 0.507 e. The first-order valence-electron chi connectivity index (χ1n) is 9.54. The molecule has 0 saturated carbocycles. The van der Waals surface area contributed by atoms with Crippen LogP contribution in [0.3, 0.4) is 0 Å². The number of carbonyl (C=O) groups is 2. The molecule has 0 bridgehead atoms. The van der Waals surface area contributed by atoms with Crippen LogP contribution in [-0.4, -0.2) is 16.9 Å². The molecule has 0 radical (unpaired) electrons. The Labute approximate surface area is 174 Å². The summed E-state index contributed by atoms with van der Waals surface area (Å²) < 4.78 is 0. The number of aromatic hydroxyl groups is 1. The normalized spacial score (nSPS) is 13.7. The van der Waals surface area contributed by atoms with Crippen LogP contribution in [0.4, 0.5) is 11.4 Å². The Hall–Kier alpha value is -4.12. The van der Waals surface area contributed by atoms with Crippen molar-refractivity contribution in [2.45, 2.75) is 6.42 Å². The van der Waals surface area contributed by atoms with Crippen LogP contribution in [0, 0.1) is 0 Å². The minimum atomic E-state index is -0.455. The molecule has 3 aromatic carbocycles. The zero-order valence-electron chi connectivity index (χ0n) is 16.2. The van der Waals surface area contributed by atoms with Crippen LogP contribution >= 0.6 is 0 Å². The molecule has 0 aromatic heterocycles. The molecule has 0 aliphatic carbocycles. The second kappa shape index (κ2) is 8.09. The number of phenolic OH excluding ortho intramolecular Hbond substituents is 1. The van der Waals surface area contributed by atoms with Crippen molar-refractivity contribution in [1.82, 2.24) is 0 Å². The second-order valence-corrected chi connectivity index (χ2v) is 6.81. The van der Waals surface area contributed by atoms with E-state index in [0.29, 0.717) is 28.9 Å². The van der Waals surface area contributed by atoms with E-state index in [9.17, 15) is 14.7 Å². The molecule has 30 heavy (non-hydrogen) atoms. The van der Waals surface area contributed by atoms with Gasteiger partial charge in [-0.2, -0.15) is 0 Å². The Kier molecular flexibility index (Phi) is 5.18. The molecule has 148 valence electrons. The molecule has 1 saturated heterocycles. The molecular weight excluding hydrogens is 376 g/mol. The first-order valence-corrected chi connectivity index (χ1v) is 9.54. The van der Waals surface area contributed by atoms with E-state index in [0.717, 1.165) is 0 Å². The molecule has 1 aliphatic rings. The minimum Gasteiger partial charge on any atom is -0.507 e. The third-order valence-corrected chi connectivity index (χ3v) is 4.86. The topological polar surface area (TPSA) is 60.9 Å². The molecule has 1 aliphatic heterocycles. The van der Waals surface area contributed by atoms with Gasteiger partial charge in [-0.1, -0.05) is 60.7 Å². The second-order valence-electron chi connectivity index (χ2n) is 6.81. The van der Waals surface area contributed by atoms with Gasteiger partial charge in [0.05, 0.1) is 11.4 Å². The number of amides is 2. The van der Waals surface area contributed by atoms with E-state index in [-0.39, 0.29) is 11.3 Å². The van der Waals surface area contributed by atoms with Crippen molar-refractivity contribution in [1.29, 1.82) is 0 Å². The predicted octanol–water partition coefficient (Wildman–Crippen LogP) is 4.50. The number of anilines is 2. The summed E-state index contributed by atoms with van der Waals surface area (Å²) in [6, 6.07) is 23.2. The van der Waals surface area contributed by atoms with Crippen molar-refractivity contribution < 1.29 is 14.7 Å². The molecule has 4 rings (SSSR count). The highest BCUT2D eigenvalue weighted by Gasteiger charge is 2.42. The molecule has 2 amide bonds. The van der Waals surface area contributed by atoms with Gasteiger partial charge in [-0.05, 0) is 42.3 Å². The van der Waals surface area contributed by atoms with Crippen LogP contribution in [0.15, 0.2) is 97.1 Å². The van der Waals surface area contributed by atoms with Gasteiger partial charge in [-0.15, -0.1) is 6.58 Å². The van der Waals surface area contributed by atoms with Crippen LogP contribution in [0.25, 0.3) is 6.08 Å². The highest BCUT2D eigenvalue weighted by Crippen LogP contribution is 2.34. The molecule has 0 spiro atoms. The summed E-state index contributed by atoms with van der Waals surface area (Å²) in [4.78, 5) is 26.6. The van der Waals surface area contributed by atoms with Crippen LogP contribution in [0.1, 0.15) is 11.1 Å². The van der Waals surface area contributed by atoms with E-state index in [4.69, 9.17) is 0 Å². The minimum absolute atomic E-state index is 0.0197. The maximum atomic E-state index is 13.3. The van der Waals surface area contributed by atoms with Gasteiger partial charge in [-0.3, -0.25) is 9.59 Å². The van der Waals surface area contributed by atoms with Gasteiger partial charge < -0.3 is 5.11 Å². The van der Waals surface area contributed by atoms with E-state index in [1.807, 2.05) is 36.4 Å². The lowest BCUT2D eigenvalue weighted by atomic mass is 10.0. The SMILES string of the molecule is C=CCc1cccc(C=C2C(=O)N(c3ccccc3)N(c3ccccc3)C2=O)c1O. The van der Waals surface area contributed by atoms with Crippen LogP contribution in [0.5, 0.6) is 5.75 Å². The number of phenols is 1. The Morgan fingerprint density at radius 1 is 0.767 bits per heavy atom. The molecule has 1 fully saturated rings. The van der Waals surface area contributed by atoms with Crippen LogP contribution in [-0.2, 0) is 16.0 Å². The van der Waals surface area contributed by atoms with Crippen molar-refractivity contribution >= 4 is 29.3 Å². The number of para-hydroxylation sites is 3. The third kappa shape index (κ3) is 3.37. The number of rotatable bonds is 5. The molecule has 1 heterocycles. The number of benzene rings is 3. The highest BCUT2D eigenvalue weighted by atomic mass is 16.3. The Morgan fingerprint density at radius 2 is 1.30 bits per heavy atom. The summed E-state index contributed by atoms with van der Waals surface area (Å²) in [6.07, 6.45) is 3.62. The third-order valence-electron chi connectivity index (χ3n) is 4.86. The molecular formula is C25H20N2O3. The summed E-state index contributed by atoms with van der Waals surface area (Å²) in [5.41, 5.74) is 2.22. The van der Waals surface area contributed by atoms with Crippen molar-refractivity contribution in [2.24, 2.45) is 0 Å². The maximum Gasteiger partial charge on any atom is 0.283 e. The van der Waals surface area contributed by atoms with E-state index in [1.54, 1.807) is 48.5 Å². The van der Waals surface area contributed by atoms with Crippen molar-refractivity contribution in [3.8, 4) is 5.75 Å². The molecule has 5 heteroatoms. The van der Waals surface area contributed by atoms with Gasteiger partial charge >= 0.3 is 0 Å². The smallest absolute Gasteiger partial charge is 0.283 e. The fourth-order valence-corrected chi connectivity index (χ4v) is 3.43. The van der Waals surface area contributed by atoms with Gasteiger partial charge in [-0.25, -0.2) is 10.0 Å². The fourth-order valence-electron chi connectivity index (χ4n) is 3.43. The molecule has 1 N–H and O–H groups in total. The fraction of sp³-hybridized carbons (Fsp3) is 0.0400. The number of hydrazine groups is 1. The Bertz CT molecular complexity index is 1080. The average molecular weight is 396 g/mol. The van der Waals surface area contributed by atoms with Gasteiger partial charge in [0, 0.05) is 5.56 Å². The summed E-state index contributed by atoms with van der Waals surface area (Å²) in [7, 11) is 0. The number of allylic oxidation sites excluding steroid dienone is 1. The highest BCUT2D eigenvalue weighted by molar-refractivity contribution is 6.38. The van der Waals surface area contributed by atoms with Gasteiger partial charge in [0.2, 0.25) is 0 Å².